The van der Waals surface area contributed by atoms with Crippen molar-refractivity contribution < 1.29 is 17.9 Å². The summed E-state index contributed by atoms with van der Waals surface area (Å²) in [5, 5.41) is 3.16. The summed E-state index contributed by atoms with van der Waals surface area (Å²) in [5.74, 6) is 0.0107. The second-order valence-corrected chi connectivity index (χ2v) is 8.10. The van der Waals surface area contributed by atoms with Gasteiger partial charge in [-0.05, 0) is 42.0 Å². The van der Waals surface area contributed by atoms with Gasteiger partial charge < -0.3 is 10.1 Å². The fraction of sp³-hybridized carbons (Fsp3) is 0.222. The molecule has 0 fully saturated rings. The van der Waals surface area contributed by atoms with Crippen molar-refractivity contribution in [1.82, 2.24) is 16.2 Å². The van der Waals surface area contributed by atoms with Crippen molar-refractivity contribution in [2.75, 3.05) is 12.9 Å². The van der Waals surface area contributed by atoms with Crippen molar-refractivity contribution in [3.63, 3.8) is 0 Å². The number of ether oxygens (including phenoxy) is 1. The predicted molar refractivity (Wildman–Crippen MR) is 107 cm³/mol. The Balaban J connectivity index is 1.70. The summed E-state index contributed by atoms with van der Waals surface area (Å²) in [6.07, 6.45) is -0.175. The van der Waals surface area contributed by atoms with Gasteiger partial charge in [-0.2, -0.15) is 0 Å². The zero-order valence-electron chi connectivity index (χ0n) is 14.8. The van der Waals surface area contributed by atoms with Crippen LogP contribution < -0.4 is 20.9 Å². The average molecular weight is 408 g/mol. The van der Waals surface area contributed by atoms with E-state index in [1.165, 1.54) is 12.1 Å². The number of carbonyl (C=O) groups excluding carboxylic acids is 1. The van der Waals surface area contributed by atoms with Crippen LogP contribution in [0.25, 0.3) is 0 Å². The lowest BCUT2D eigenvalue weighted by atomic mass is 10.2. The maximum absolute atomic E-state index is 12.1. The minimum Gasteiger partial charge on any atom is -0.497 e. The van der Waals surface area contributed by atoms with E-state index in [0.29, 0.717) is 6.54 Å². The normalized spacial score (nSPS) is 10.7. The lowest BCUT2D eigenvalue weighted by Crippen LogP contribution is -2.46. The largest absolute Gasteiger partial charge is 0.497 e. The number of amides is 1. The van der Waals surface area contributed by atoms with Crippen LogP contribution >= 0.6 is 12.2 Å². The van der Waals surface area contributed by atoms with E-state index in [9.17, 15) is 13.2 Å². The highest BCUT2D eigenvalue weighted by Crippen LogP contribution is 2.11. The van der Waals surface area contributed by atoms with Gasteiger partial charge in [0.2, 0.25) is 5.91 Å². The van der Waals surface area contributed by atoms with Gasteiger partial charge in [0, 0.05) is 13.0 Å². The third-order valence-corrected chi connectivity index (χ3v) is 5.61. The van der Waals surface area contributed by atoms with Gasteiger partial charge in [-0.15, -0.1) is 0 Å². The number of rotatable bonds is 7. The lowest BCUT2D eigenvalue weighted by Gasteiger charge is -2.12. The molecule has 2 aromatic rings. The van der Waals surface area contributed by atoms with Crippen LogP contribution in [0, 0.1) is 0 Å². The molecule has 0 bridgehead atoms. The van der Waals surface area contributed by atoms with Crippen LogP contribution in [0.15, 0.2) is 59.5 Å². The molecule has 0 aliphatic carbocycles. The molecule has 0 aliphatic rings. The van der Waals surface area contributed by atoms with Crippen LogP contribution in [0.3, 0.4) is 0 Å². The molecule has 0 aromatic heterocycles. The Kier molecular flexibility index (Phi) is 7.56. The summed E-state index contributed by atoms with van der Waals surface area (Å²) in [6, 6.07) is 15.5. The molecule has 0 spiro atoms. The minimum atomic E-state index is -3.49. The third kappa shape index (κ3) is 6.87. The van der Waals surface area contributed by atoms with Gasteiger partial charge in [-0.1, -0.05) is 30.3 Å². The van der Waals surface area contributed by atoms with Crippen LogP contribution in [0.5, 0.6) is 5.75 Å². The molecule has 3 N–H and O–H groups in total. The van der Waals surface area contributed by atoms with Gasteiger partial charge >= 0.3 is 0 Å². The summed E-state index contributed by atoms with van der Waals surface area (Å²) in [5.41, 5.74) is 5.92. The van der Waals surface area contributed by atoms with Gasteiger partial charge in [-0.25, -0.2) is 8.42 Å². The molecule has 0 atom stereocenters. The van der Waals surface area contributed by atoms with Crippen LogP contribution in [0.2, 0.25) is 0 Å². The summed E-state index contributed by atoms with van der Waals surface area (Å²) in [4.78, 5) is 12.0. The number of benzene rings is 2. The molecule has 0 radical (unpaired) electrons. The van der Waals surface area contributed by atoms with Crippen molar-refractivity contribution in [3.05, 3.63) is 60.2 Å². The number of methoxy groups -OCH3 is 1. The van der Waals surface area contributed by atoms with Crippen LogP contribution in [-0.4, -0.2) is 32.3 Å². The number of hydrogen-bond donors (Lipinski definition) is 3. The first-order chi connectivity index (χ1) is 12.9. The summed E-state index contributed by atoms with van der Waals surface area (Å²) >= 11 is 5.07. The summed E-state index contributed by atoms with van der Waals surface area (Å²) in [7, 11) is -1.90. The Morgan fingerprint density at radius 2 is 1.70 bits per heavy atom. The van der Waals surface area contributed by atoms with E-state index >= 15 is 0 Å². The zero-order valence-corrected chi connectivity index (χ0v) is 16.4. The minimum absolute atomic E-state index is 0.175. The van der Waals surface area contributed by atoms with Crippen molar-refractivity contribution in [2.45, 2.75) is 17.9 Å². The lowest BCUT2D eigenvalue weighted by molar-refractivity contribution is -0.121. The molecular weight excluding hydrogens is 386 g/mol. The quantitative estimate of drug-likeness (QED) is 0.473. The second-order valence-electron chi connectivity index (χ2n) is 5.59. The van der Waals surface area contributed by atoms with Crippen molar-refractivity contribution in [1.29, 1.82) is 0 Å². The van der Waals surface area contributed by atoms with Crippen molar-refractivity contribution >= 4 is 33.1 Å². The fourth-order valence-electron chi connectivity index (χ4n) is 2.13. The summed E-state index contributed by atoms with van der Waals surface area (Å²) < 4.78 is 29.4. The Morgan fingerprint density at radius 3 is 2.33 bits per heavy atom. The number of hydrogen-bond acceptors (Lipinski definition) is 5. The molecule has 0 heterocycles. The first-order valence-electron chi connectivity index (χ1n) is 8.14. The molecular formula is C18H21N3O4S2. The highest BCUT2D eigenvalue weighted by molar-refractivity contribution is 7.91. The molecule has 2 aromatic carbocycles. The zero-order chi connectivity index (χ0) is 19.7. The van der Waals surface area contributed by atoms with E-state index < -0.39 is 15.7 Å². The monoisotopic (exact) mass is 407 g/mol. The number of nitrogens with one attached hydrogen (secondary N) is 3. The first kappa shape index (κ1) is 20.7. The highest BCUT2D eigenvalue weighted by Gasteiger charge is 2.16. The van der Waals surface area contributed by atoms with Crippen LogP contribution in [-0.2, 0) is 21.2 Å². The average Bonchev–Trinajstić information content (AvgIpc) is 2.70. The Bertz CT molecular complexity index is 869. The molecule has 7 nitrogen and oxygen atoms in total. The van der Waals surface area contributed by atoms with Crippen molar-refractivity contribution in [3.8, 4) is 5.75 Å². The number of carbonyl (C=O) groups is 1. The fourth-order valence-corrected chi connectivity index (χ4v) is 3.52. The Morgan fingerprint density at radius 1 is 1.04 bits per heavy atom. The Labute approximate surface area is 164 Å². The molecule has 0 aliphatic heterocycles. The molecule has 27 heavy (non-hydrogen) atoms. The first-order valence-corrected chi connectivity index (χ1v) is 10.2. The predicted octanol–water partition coefficient (Wildman–Crippen LogP) is 1.55. The van der Waals surface area contributed by atoms with E-state index in [4.69, 9.17) is 17.0 Å². The molecule has 1 amide bonds. The standard InChI is InChI=1S/C18H21N3O4S2/c1-25-15-9-7-14(8-10-15)13-19-18(26)21-20-17(22)11-12-27(23,24)16-5-3-2-4-6-16/h2-10H,11-13H2,1H3,(H,20,22)(H2,19,21,26). The molecule has 144 valence electrons. The molecule has 0 unspecified atom stereocenters. The van der Waals surface area contributed by atoms with Gasteiger partial charge in [0.25, 0.3) is 0 Å². The smallest absolute Gasteiger partial charge is 0.239 e. The highest BCUT2D eigenvalue weighted by atomic mass is 32.2. The number of sulfone groups is 1. The SMILES string of the molecule is COc1ccc(CNC(=S)NNC(=O)CCS(=O)(=O)c2ccccc2)cc1. The third-order valence-electron chi connectivity index (χ3n) is 3.63. The van der Waals surface area contributed by atoms with Crippen LogP contribution in [0.4, 0.5) is 0 Å². The van der Waals surface area contributed by atoms with Gasteiger partial charge in [-0.3, -0.25) is 15.6 Å². The second kappa shape index (κ2) is 9.89. The Hall–Kier alpha value is -2.65. The van der Waals surface area contributed by atoms with Crippen LogP contribution in [0.1, 0.15) is 12.0 Å². The van der Waals surface area contributed by atoms with Crippen molar-refractivity contribution in [2.24, 2.45) is 0 Å². The van der Waals surface area contributed by atoms with E-state index in [1.54, 1.807) is 25.3 Å². The summed E-state index contributed by atoms with van der Waals surface area (Å²) in [6.45, 7) is 0.466. The van der Waals surface area contributed by atoms with E-state index in [1.807, 2.05) is 24.3 Å². The van der Waals surface area contributed by atoms with Gasteiger partial charge in [0.1, 0.15) is 5.75 Å². The van der Waals surface area contributed by atoms with E-state index in [0.717, 1.165) is 11.3 Å². The van der Waals surface area contributed by atoms with Gasteiger partial charge in [0.15, 0.2) is 14.9 Å². The molecule has 9 heteroatoms. The topological polar surface area (TPSA) is 96.5 Å². The van der Waals surface area contributed by atoms with E-state index in [2.05, 4.69) is 16.2 Å². The molecule has 0 saturated carbocycles. The maximum Gasteiger partial charge on any atom is 0.239 e. The number of thiocarbonyl (C=S) groups is 1. The van der Waals surface area contributed by atoms with Gasteiger partial charge in [0.05, 0.1) is 17.8 Å². The van der Waals surface area contributed by atoms with E-state index in [-0.39, 0.29) is 22.2 Å². The molecule has 0 saturated heterocycles. The molecule has 2 rings (SSSR count). The maximum atomic E-state index is 12.1. The number of hydrazine groups is 1.